The molecule has 12 heteroatoms. The third kappa shape index (κ3) is 5.49. The van der Waals surface area contributed by atoms with Crippen LogP contribution in [0.15, 0.2) is 60.9 Å². The minimum Gasteiger partial charge on any atom is -0.494 e. The number of halogens is 2. The summed E-state index contributed by atoms with van der Waals surface area (Å²) >= 11 is 0. The molecule has 0 radical (unpaired) electrons. The van der Waals surface area contributed by atoms with Gasteiger partial charge >= 0.3 is 6.61 Å². The van der Waals surface area contributed by atoms with Gasteiger partial charge in [-0.2, -0.15) is 8.78 Å². The summed E-state index contributed by atoms with van der Waals surface area (Å²) in [6.07, 6.45) is 3.59. The quantitative estimate of drug-likeness (QED) is 0.385. The molecule has 1 N–H and O–H groups in total. The van der Waals surface area contributed by atoms with E-state index in [0.717, 1.165) is 5.56 Å². The predicted octanol–water partition coefficient (Wildman–Crippen LogP) is 3.40. The van der Waals surface area contributed by atoms with Crippen LogP contribution in [0.4, 0.5) is 8.78 Å². The highest BCUT2D eigenvalue weighted by molar-refractivity contribution is 5.99. The Kier molecular flexibility index (Phi) is 7.35. The van der Waals surface area contributed by atoms with Crippen LogP contribution in [0.2, 0.25) is 0 Å². The summed E-state index contributed by atoms with van der Waals surface area (Å²) in [7, 11) is 2.99. The number of hydrogen-bond donors (Lipinski definition) is 1. The second-order valence-electron chi connectivity index (χ2n) is 9.11. The Balaban J connectivity index is 1.38. The van der Waals surface area contributed by atoms with E-state index in [9.17, 15) is 18.4 Å². The first kappa shape index (κ1) is 26.0. The van der Waals surface area contributed by atoms with E-state index in [2.05, 4.69) is 25.1 Å². The Bertz CT molecular complexity index is 1500. The minimum atomic E-state index is -3.05. The van der Waals surface area contributed by atoms with Crippen LogP contribution in [0.1, 0.15) is 38.7 Å². The summed E-state index contributed by atoms with van der Waals surface area (Å²) in [6.45, 7) is -2.31. The van der Waals surface area contributed by atoms with Gasteiger partial charge in [-0.25, -0.2) is 4.98 Å². The summed E-state index contributed by atoms with van der Waals surface area (Å²) in [5, 5.41) is 6.84. The number of rotatable bonds is 7. The number of aromatic nitrogens is 4. The van der Waals surface area contributed by atoms with E-state index < -0.39 is 12.5 Å². The Labute approximate surface area is 222 Å². The van der Waals surface area contributed by atoms with Gasteiger partial charge in [-0.15, -0.1) is 5.10 Å². The number of nitrogens with one attached hydrogen (secondary N) is 1. The number of methoxy groups -OCH3 is 1. The molecule has 1 aliphatic heterocycles. The number of aryl methyl sites for hydroxylation is 1. The van der Waals surface area contributed by atoms with Crippen LogP contribution >= 0.6 is 0 Å². The van der Waals surface area contributed by atoms with Gasteiger partial charge in [0.2, 0.25) is 5.88 Å². The number of fused-ring (bicyclic) bond motifs is 1. The molecule has 5 rings (SSSR count). The lowest BCUT2D eigenvalue weighted by Crippen LogP contribution is -2.51. The molecule has 2 amide bonds. The summed E-state index contributed by atoms with van der Waals surface area (Å²) in [5.41, 5.74) is 2.58. The van der Waals surface area contributed by atoms with Gasteiger partial charge in [0.1, 0.15) is 17.0 Å². The summed E-state index contributed by atoms with van der Waals surface area (Å²) < 4.78 is 36.2. The van der Waals surface area contributed by atoms with Crippen LogP contribution in [0, 0.1) is 0 Å². The molecule has 3 heterocycles. The predicted molar refractivity (Wildman–Crippen MR) is 137 cm³/mol. The SMILES string of the molecule is COc1cc(C(=O)N2CC[C@@H](NC(=O)c3cc(OC(F)F)nn3C)[C@@H](c3ccccc3)C2)cc2nccnc12. The van der Waals surface area contributed by atoms with E-state index in [1.54, 1.807) is 29.4 Å². The molecule has 0 bridgehead atoms. The lowest BCUT2D eigenvalue weighted by Gasteiger charge is -2.39. The number of likely N-dealkylation sites (tertiary alicyclic amines) is 1. The fourth-order valence-corrected chi connectivity index (χ4v) is 4.90. The molecule has 0 saturated carbocycles. The van der Waals surface area contributed by atoms with Gasteiger partial charge < -0.3 is 19.7 Å². The van der Waals surface area contributed by atoms with E-state index in [1.165, 1.54) is 24.9 Å². The van der Waals surface area contributed by atoms with Gasteiger partial charge in [-0.05, 0) is 24.1 Å². The molecule has 0 unspecified atom stereocenters. The summed E-state index contributed by atoms with van der Waals surface area (Å²) in [4.78, 5) is 37.1. The van der Waals surface area contributed by atoms with Crippen LogP contribution < -0.4 is 14.8 Å². The highest BCUT2D eigenvalue weighted by atomic mass is 19.3. The molecule has 1 fully saturated rings. The number of hydrogen-bond acceptors (Lipinski definition) is 7. The molecular weight excluding hydrogens is 510 g/mol. The van der Waals surface area contributed by atoms with Gasteiger partial charge in [0.25, 0.3) is 11.8 Å². The largest absolute Gasteiger partial charge is 0.494 e. The molecular formula is C27H26F2N6O4. The van der Waals surface area contributed by atoms with Gasteiger partial charge in [0.05, 0.1) is 12.6 Å². The zero-order valence-corrected chi connectivity index (χ0v) is 21.3. The topological polar surface area (TPSA) is 111 Å². The fourth-order valence-electron chi connectivity index (χ4n) is 4.90. The first-order valence-corrected chi connectivity index (χ1v) is 12.3. The van der Waals surface area contributed by atoms with Crippen molar-refractivity contribution < 1.29 is 27.8 Å². The third-order valence-corrected chi connectivity index (χ3v) is 6.75. The molecule has 1 aliphatic rings. The third-order valence-electron chi connectivity index (χ3n) is 6.75. The Morgan fingerprint density at radius 1 is 1.10 bits per heavy atom. The number of piperidine rings is 1. The second kappa shape index (κ2) is 11.0. The maximum absolute atomic E-state index is 13.6. The zero-order valence-electron chi connectivity index (χ0n) is 21.3. The number of benzene rings is 2. The molecule has 2 aromatic heterocycles. The van der Waals surface area contributed by atoms with Crippen molar-refractivity contribution in [1.82, 2.24) is 30.0 Å². The van der Waals surface area contributed by atoms with Crippen molar-refractivity contribution >= 4 is 22.8 Å². The molecule has 0 spiro atoms. The maximum Gasteiger partial charge on any atom is 0.388 e. The highest BCUT2D eigenvalue weighted by Crippen LogP contribution is 2.31. The Hall–Kier alpha value is -4.61. The van der Waals surface area contributed by atoms with E-state index in [-0.39, 0.29) is 29.4 Å². The number of alkyl halides is 2. The molecule has 0 aliphatic carbocycles. The van der Waals surface area contributed by atoms with E-state index in [1.807, 2.05) is 30.3 Å². The number of carbonyl (C=O) groups excluding carboxylic acids is 2. The molecule has 4 aromatic rings. The Morgan fingerprint density at radius 3 is 2.62 bits per heavy atom. The number of ether oxygens (including phenoxy) is 2. The molecule has 2 aromatic carbocycles. The van der Waals surface area contributed by atoms with Crippen LogP contribution in [-0.2, 0) is 7.05 Å². The van der Waals surface area contributed by atoms with E-state index in [0.29, 0.717) is 41.9 Å². The van der Waals surface area contributed by atoms with Gasteiger partial charge in [0.15, 0.2) is 0 Å². The molecule has 39 heavy (non-hydrogen) atoms. The van der Waals surface area contributed by atoms with Crippen LogP contribution in [0.5, 0.6) is 11.6 Å². The number of nitrogens with zero attached hydrogens (tertiary/aromatic N) is 5. The second-order valence-corrected chi connectivity index (χ2v) is 9.11. The first-order valence-electron chi connectivity index (χ1n) is 12.3. The van der Waals surface area contributed by atoms with Gasteiger partial charge in [-0.1, -0.05) is 30.3 Å². The average Bonchev–Trinajstić information content (AvgIpc) is 3.31. The molecule has 202 valence electrons. The monoisotopic (exact) mass is 536 g/mol. The van der Waals surface area contributed by atoms with Crippen LogP contribution in [-0.4, -0.2) is 69.3 Å². The normalized spacial score (nSPS) is 17.3. The van der Waals surface area contributed by atoms with Gasteiger partial charge in [-0.3, -0.25) is 19.3 Å². The van der Waals surface area contributed by atoms with Crippen molar-refractivity contribution in [3.63, 3.8) is 0 Å². The lowest BCUT2D eigenvalue weighted by atomic mass is 9.85. The van der Waals surface area contributed by atoms with Crippen molar-refractivity contribution in [3.05, 3.63) is 77.7 Å². The number of carbonyl (C=O) groups is 2. The smallest absolute Gasteiger partial charge is 0.388 e. The van der Waals surface area contributed by atoms with Crippen molar-refractivity contribution in [3.8, 4) is 11.6 Å². The average molecular weight is 537 g/mol. The lowest BCUT2D eigenvalue weighted by molar-refractivity contribution is -0.0531. The maximum atomic E-state index is 13.6. The summed E-state index contributed by atoms with van der Waals surface area (Å²) in [6, 6.07) is 13.8. The first-order chi connectivity index (χ1) is 18.8. The summed E-state index contributed by atoms with van der Waals surface area (Å²) in [5.74, 6) is -0.769. The highest BCUT2D eigenvalue weighted by Gasteiger charge is 2.35. The molecule has 10 nitrogen and oxygen atoms in total. The molecule has 2 atom stereocenters. The Morgan fingerprint density at radius 2 is 1.87 bits per heavy atom. The minimum absolute atomic E-state index is 0.0836. The van der Waals surface area contributed by atoms with Crippen molar-refractivity contribution in [1.29, 1.82) is 0 Å². The van der Waals surface area contributed by atoms with E-state index >= 15 is 0 Å². The van der Waals surface area contributed by atoms with Crippen molar-refractivity contribution in [2.24, 2.45) is 7.05 Å². The van der Waals surface area contributed by atoms with Crippen molar-refractivity contribution in [2.45, 2.75) is 25.0 Å². The van der Waals surface area contributed by atoms with Crippen LogP contribution in [0.25, 0.3) is 11.0 Å². The van der Waals surface area contributed by atoms with Crippen molar-refractivity contribution in [2.75, 3.05) is 20.2 Å². The zero-order chi connectivity index (χ0) is 27.5. The molecule has 1 saturated heterocycles. The van der Waals surface area contributed by atoms with E-state index in [4.69, 9.17) is 4.74 Å². The number of amides is 2. The van der Waals surface area contributed by atoms with Gasteiger partial charge in [0, 0.05) is 56.1 Å². The van der Waals surface area contributed by atoms with Crippen LogP contribution in [0.3, 0.4) is 0 Å². The fraction of sp³-hybridized carbons (Fsp3) is 0.296. The standard InChI is InChI=1S/C27H26F2N6O4/c1-34-21(14-23(33-34)39-27(28)29)25(36)32-19-8-11-35(15-18(19)16-6-4-3-5-7-16)26(37)17-12-20-24(22(13-17)38-2)31-10-9-30-20/h3-7,9-10,12-14,18-19,27H,8,11,15H2,1-2H3,(H,32,36)/t18-,19-/m1/s1.